The van der Waals surface area contributed by atoms with Gasteiger partial charge >= 0.3 is 0 Å². The Labute approximate surface area is 121 Å². The van der Waals surface area contributed by atoms with Crippen LogP contribution in [0.15, 0.2) is 35.1 Å². The summed E-state index contributed by atoms with van der Waals surface area (Å²) >= 11 is 0. The summed E-state index contributed by atoms with van der Waals surface area (Å²) in [5.41, 5.74) is 7.03. The zero-order valence-electron chi connectivity index (χ0n) is 11.4. The molecule has 0 unspecified atom stereocenters. The average molecular weight is 282 g/mol. The lowest BCUT2D eigenvalue weighted by atomic mass is 10.0. The Bertz CT molecular complexity index is 764. The molecule has 1 heterocycles. The third kappa shape index (κ3) is 3.55. The van der Waals surface area contributed by atoms with Gasteiger partial charge in [0.05, 0.1) is 6.54 Å². The number of nitrogens with zero attached hydrogens (tertiary/aromatic N) is 1. The molecule has 1 amide bonds. The molecule has 0 saturated heterocycles. The number of anilines is 1. The molecule has 2 rings (SSSR count). The van der Waals surface area contributed by atoms with Crippen molar-refractivity contribution in [2.45, 2.75) is 6.92 Å². The van der Waals surface area contributed by atoms with Crippen molar-refractivity contribution >= 4 is 11.7 Å². The third-order valence-corrected chi connectivity index (χ3v) is 2.82. The number of hydrogen-bond donors (Lipinski definition) is 3. The predicted octanol–water partition coefficient (Wildman–Crippen LogP) is 0.641. The van der Waals surface area contributed by atoms with Gasteiger partial charge in [0.25, 0.3) is 11.5 Å². The average Bonchev–Trinajstić information content (AvgIpc) is 2.48. The van der Waals surface area contributed by atoms with Gasteiger partial charge in [0.1, 0.15) is 0 Å². The standard InChI is InChI=1S/C15H14N4O2/c1-10-11(5-3-9-16)4-2-6-12(10)15(21)17-13-7-8-14(20)19-18-13/h2,4,6-8H,9,16H2,1H3,(H,19,20)(H,17,18,21). The van der Waals surface area contributed by atoms with Crippen LogP contribution in [0, 0.1) is 18.8 Å². The van der Waals surface area contributed by atoms with Crippen LogP contribution in [0.1, 0.15) is 21.5 Å². The highest BCUT2D eigenvalue weighted by Gasteiger charge is 2.11. The van der Waals surface area contributed by atoms with Crippen molar-refractivity contribution in [1.29, 1.82) is 0 Å². The molecule has 0 aliphatic rings. The quantitative estimate of drug-likeness (QED) is 0.704. The molecule has 0 spiro atoms. The Morgan fingerprint density at radius 1 is 1.38 bits per heavy atom. The number of rotatable bonds is 2. The lowest BCUT2D eigenvalue weighted by molar-refractivity contribution is 0.102. The van der Waals surface area contributed by atoms with Crippen LogP contribution in [0.2, 0.25) is 0 Å². The second kappa shape index (κ2) is 6.50. The van der Waals surface area contributed by atoms with Crippen LogP contribution < -0.4 is 16.6 Å². The first kappa shape index (κ1) is 14.5. The topological polar surface area (TPSA) is 101 Å². The molecule has 0 aliphatic carbocycles. The van der Waals surface area contributed by atoms with Gasteiger partial charge < -0.3 is 11.1 Å². The van der Waals surface area contributed by atoms with Crippen molar-refractivity contribution in [3.63, 3.8) is 0 Å². The van der Waals surface area contributed by atoms with Gasteiger partial charge in [0, 0.05) is 17.2 Å². The number of aromatic nitrogens is 2. The van der Waals surface area contributed by atoms with Gasteiger partial charge in [0.2, 0.25) is 0 Å². The second-order valence-electron chi connectivity index (χ2n) is 4.24. The van der Waals surface area contributed by atoms with Crippen LogP contribution in [0.5, 0.6) is 0 Å². The van der Waals surface area contributed by atoms with E-state index >= 15 is 0 Å². The number of hydrogen-bond acceptors (Lipinski definition) is 4. The molecule has 4 N–H and O–H groups in total. The molecule has 6 heteroatoms. The summed E-state index contributed by atoms with van der Waals surface area (Å²) in [6, 6.07) is 8.00. The van der Waals surface area contributed by atoms with Crippen molar-refractivity contribution in [2.75, 3.05) is 11.9 Å². The summed E-state index contributed by atoms with van der Waals surface area (Å²) in [7, 11) is 0. The van der Waals surface area contributed by atoms with Crippen LogP contribution in [-0.2, 0) is 0 Å². The lowest BCUT2D eigenvalue weighted by Gasteiger charge is -2.08. The molecule has 6 nitrogen and oxygen atoms in total. The van der Waals surface area contributed by atoms with E-state index in [4.69, 9.17) is 5.73 Å². The smallest absolute Gasteiger partial charge is 0.264 e. The minimum Gasteiger partial charge on any atom is -0.320 e. The summed E-state index contributed by atoms with van der Waals surface area (Å²) in [6.07, 6.45) is 0. The van der Waals surface area contributed by atoms with Crippen molar-refractivity contribution < 1.29 is 4.79 Å². The van der Waals surface area contributed by atoms with Crippen molar-refractivity contribution in [2.24, 2.45) is 5.73 Å². The molecule has 0 aliphatic heterocycles. The Balaban J connectivity index is 2.27. The maximum Gasteiger partial charge on any atom is 0.264 e. The predicted molar refractivity (Wildman–Crippen MR) is 79.9 cm³/mol. The maximum atomic E-state index is 12.2. The van der Waals surface area contributed by atoms with Crippen LogP contribution in [-0.4, -0.2) is 22.6 Å². The normalized spacial score (nSPS) is 9.62. The number of benzene rings is 1. The molecule has 106 valence electrons. The van der Waals surface area contributed by atoms with E-state index in [1.807, 2.05) is 13.0 Å². The summed E-state index contributed by atoms with van der Waals surface area (Å²) in [4.78, 5) is 23.2. The van der Waals surface area contributed by atoms with E-state index in [0.29, 0.717) is 5.56 Å². The van der Waals surface area contributed by atoms with Gasteiger partial charge in [-0.25, -0.2) is 5.10 Å². The van der Waals surface area contributed by atoms with Crippen LogP contribution in [0.3, 0.4) is 0 Å². The van der Waals surface area contributed by atoms with E-state index < -0.39 is 0 Å². The molecular weight excluding hydrogens is 268 g/mol. The van der Waals surface area contributed by atoms with Crippen LogP contribution in [0.25, 0.3) is 0 Å². The second-order valence-corrected chi connectivity index (χ2v) is 4.24. The largest absolute Gasteiger partial charge is 0.320 e. The summed E-state index contributed by atoms with van der Waals surface area (Å²) in [5.74, 6) is 5.64. The Kier molecular flexibility index (Phi) is 4.49. The van der Waals surface area contributed by atoms with E-state index in [0.717, 1.165) is 11.1 Å². The zero-order chi connectivity index (χ0) is 15.2. The lowest BCUT2D eigenvalue weighted by Crippen LogP contribution is -2.17. The van der Waals surface area contributed by atoms with Crippen molar-refractivity contribution in [3.8, 4) is 11.8 Å². The molecule has 1 aromatic carbocycles. The van der Waals surface area contributed by atoms with Gasteiger partial charge in [-0.2, -0.15) is 5.10 Å². The highest BCUT2D eigenvalue weighted by molar-refractivity contribution is 6.05. The number of carbonyl (C=O) groups is 1. The van der Waals surface area contributed by atoms with E-state index in [-0.39, 0.29) is 23.8 Å². The van der Waals surface area contributed by atoms with Gasteiger partial charge in [-0.05, 0) is 30.7 Å². The Morgan fingerprint density at radius 3 is 2.86 bits per heavy atom. The molecule has 21 heavy (non-hydrogen) atoms. The van der Waals surface area contributed by atoms with E-state index in [9.17, 15) is 9.59 Å². The number of carbonyl (C=O) groups excluding carboxylic acids is 1. The molecule has 0 saturated carbocycles. The van der Waals surface area contributed by atoms with Crippen LogP contribution >= 0.6 is 0 Å². The van der Waals surface area contributed by atoms with Crippen LogP contribution in [0.4, 0.5) is 5.82 Å². The summed E-state index contributed by atoms with van der Waals surface area (Å²) < 4.78 is 0. The highest BCUT2D eigenvalue weighted by Crippen LogP contribution is 2.14. The number of H-pyrrole nitrogens is 1. The summed E-state index contributed by atoms with van der Waals surface area (Å²) in [5, 5.41) is 8.60. The molecule has 0 fully saturated rings. The molecule has 1 aromatic heterocycles. The molecular formula is C15H14N4O2. The monoisotopic (exact) mass is 282 g/mol. The molecule has 0 atom stereocenters. The highest BCUT2D eigenvalue weighted by atomic mass is 16.2. The van der Waals surface area contributed by atoms with Gasteiger partial charge in [-0.3, -0.25) is 9.59 Å². The molecule has 2 aromatic rings. The summed E-state index contributed by atoms with van der Waals surface area (Å²) in [6.45, 7) is 2.08. The maximum absolute atomic E-state index is 12.2. The van der Waals surface area contributed by atoms with Gasteiger partial charge in [-0.15, -0.1) is 0 Å². The van der Waals surface area contributed by atoms with E-state index in [1.54, 1.807) is 12.1 Å². The number of amides is 1. The zero-order valence-corrected chi connectivity index (χ0v) is 11.4. The van der Waals surface area contributed by atoms with E-state index in [1.165, 1.54) is 12.1 Å². The first-order valence-corrected chi connectivity index (χ1v) is 6.27. The fraction of sp³-hybridized carbons (Fsp3) is 0.133. The first-order chi connectivity index (χ1) is 10.1. The Hall–Kier alpha value is -2.91. The number of nitrogens with two attached hydrogens (primary N) is 1. The first-order valence-electron chi connectivity index (χ1n) is 6.27. The Morgan fingerprint density at radius 2 is 2.19 bits per heavy atom. The molecule has 0 radical (unpaired) electrons. The van der Waals surface area contributed by atoms with Crippen molar-refractivity contribution in [3.05, 3.63) is 57.4 Å². The van der Waals surface area contributed by atoms with Gasteiger partial charge in [-0.1, -0.05) is 17.9 Å². The minimum absolute atomic E-state index is 0.261. The minimum atomic E-state index is -0.330. The van der Waals surface area contributed by atoms with Gasteiger partial charge in [0.15, 0.2) is 5.82 Å². The third-order valence-electron chi connectivity index (χ3n) is 2.82. The number of nitrogens with one attached hydrogen (secondary N) is 2. The fourth-order valence-corrected chi connectivity index (χ4v) is 1.76. The fourth-order valence-electron chi connectivity index (χ4n) is 1.76. The van der Waals surface area contributed by atoms with E-state index in [2.05, 4.69) is 27.4 Å². The van der Waals surface area contributed by atoms with Crippen molar-refractivity contribution in [1.82, 2.24) is 10.2 Å². The SMILES string of the molecule is Cc1c(C#CCN)cccc1C(=O)Nc1ccc(=O)[nH]n1. The number of aromatic amines is 1. The molecule has 0 bridgehead atoms.